The van der Waals surface area contributed by atoms with Crippen molar-refractivity contribution in [3.8, 4) is 6.07 Å². The molecular weight excluding hydrogens is 230 g/mol. The van der Waals surface area contributed by atoms with Crippen molar-refractivity contribution < 1.29 is 14.6 Å². The van der Waals surface area contributed by atoms with Crippen LogP contribution in [0.1, 0.15) is 25.0 Å². The minimum atomic E-state index is -0.875. The number of carbonyl (C=O) groups is 1. The Morgan fingerprint density at radius 1 is 1.39 bits per heavy atom. The van der Waals surface area contributed by atoms with E-state index in [9.17, 15) is 9.90 Å². The third kappa shape index (κ3) is 2.89. The Hall–Kier alpha value is -2.28. The second-order valence-electron chi connectivity index (χ2n) is 3.57. The van der Waals surface area contributed by atoms with Gasteiger partial charge in [0.15, 0.2) is 0 Å². The first-order valence-electron chi connectivity index (χ1n) is 5.74. The van der Waals surface area contributed by atoms with Gasteiger partial charge in [0.25, 0.3) is 0 Å². The van der Waals surface area contributed by atoms with Crippen LogP contribution in [0.2, 0.25) is 0 Å². The second kappa shape index (κ2) is 6.45. The van der Waals surface area contributed by atoms with E-state index in [0.717, 1.165) is 5.56 Å². The quantitative estimate of drug-likeness (QED) is 0.383. The Morgan fingerprint density at radius 2 is 2.06 bits per heavy atom. The lowest BCUT2D eigenvalue weighted by Crippen LogP contribution is -2.09. The number of benzene rings is 1. The summed E-state index contributed by atoms with van der Waals surface area (Å²) in [5.74, 6) is -1.51. The summed E-state index contributed by atoms with van der Waals surface area (Å²) in [4.78, 5) is 11.4. The highest BCUT2D eigenvalue weighted by Gasteiger charge is 2.18. The van der Waals surface area contributed by atoms with Crippen LogP contribution in [0.5, 0.6) is 0 Å². The van der Waals surface area contributed by atoms with Crippen LogP contribution in [-0.2, 0) is 16.0 Å². The molecule has 0 saturated carbocycles. The van der Waals surface area contributed by atoms with Crippen molar-refractivity contribution in [2.75, 3.05) is 6.61 Å². The van der Waals surface area contributed by atoms with Crippen molar-refractivity contribution in [1.29, 1.82) is 5.26 Å². The fraction of sp³-hybridized carbons (Fsp3) is 0.286. The molecular formula is C14H15NO3. The number of hydrogen-bond acceptors (Lipinski definition) is 4. The van der Waals surface area contributed by atoms with Crippen molar-refractivity contribution >= 4 is 11.5 Å². The lowest BCUT2D eigenvalue weighted by atomic mass is 9.98. The largest absolute Gasteiger partial charge is 0.501 e. The molecule has 4 heteroatoms. The van der Waals surface area contributed by atoms with Crippen LogP contribution in [0, 0.1) is 11.3 Å². The number of aliphatic hydroxyl groups excluding tert-OH is 1. The van der Waals surface area contributed by atoms with Crippen LogP contribution in [0.15, 0.2) is 30.0 Å². The van der Waals surface area contributed by atoms with Gasteiger partial charge in [-0.15, -0.1) is 0 Å². The zero-order valence-corrected chi connectivity index (χ0v) is 10.4. The lowest BCUT2D eigenvalue weighted by molar-refractivity contribution is -0.141. The Balaban J connectivity index is 3.29. The van der Waals surface area contributed by atoms with E-state index in [1.54, 1.807) is 19.1 Å². The molecule has 0 aliphatic carbocycles. The van der Waals surface area contributed by atoms with Crippen molar-refractivity contribution in [3.05, 3.63) is 41.2 Å². The van der Waals surface area contributed by atoms with Gasteiger partial charge in [0.2, 0.25) is 5.76 Å². The normalized spacial score (nSPS) is 11.4. The molecule has 4 nitrogen and oxygen atoms in total. The topological polar surface area (TPSA) is 70.3 Å². The number of allylic oxidation sites excluding steroid dienone is 1. The first-order chi connectivity index (χ1) is 8.65. The van der Waals surface area contributed by atoms with Gasteiger partial charge in [0.1, 0.15) is 11.6 Å². The predicted octanol–water partition coefficient (Wildman–Crippen LogP) is 2.60. The number of carbonyl (C=O) groups excluding carboxylic acids is 1. The van der Waals surface area contributed by atoms with E-state index in [0.29, 0.717) is 12.0 Å². The molecule has 1 aromatic rings. The summed E-state index contributed by atoms with van der Waals surface area (Å²) in [6.07, 6.45) is 0.706. The highest BCUT2D eigenvalue weighted by Crippen LogP contribution is 2.22. The van der Waals surface area contributed by atoms with Crippen LogP contribution in [0.4, 0.5) is 0 Å². The third-order valence-electron chi connectivity index (χ3n) is 2.48. The van der Waals surface area contributed by atoms with E-state index in [-0.39, 0.29) is 12.2 Å². The standard InChI is InChI=1S/C14H15NO3/c1-3-10-7-5-6-8-11(10)12(9-15)13(16)14(17)18-4-2/h5-8,16H,3-4H2,1-2H3. The van der Waals surface area contributed by atoms with Gasteiger partial charge >= 0.3 is 5.97 Å². The first-order valence-corrected chi connectivity index (χ1v) is 5.74. The van der Waals surface area contributed by atoms with Gasteiger partial charge in [-0.3, -0.25) is 0 Å². The van der Waals surface area contributed by atoms with E-state index >= 15 is 0 Å². The fourth-order valence-corrected chi connectivity index (χ4v) is 1.61. The van der Waals surface area contributed by atoms with E-state index in [1.807, 2.05) is 25.1 Å². The molecule has 0 unspecified atom stereocenters. The number of aryl methyl sites for hydroxylation is 1. The molecule has 0 aliphatic rings. The van der Waals surface area contributed by atoms with Gasteiger partial charge < -0.3 is 9.84 Å². The van der Waals surface area contributed by atoms with Crippen LogP contribution < -0.4 is 0 Å². The molecule has 1 aromatic carbocycles. The van der Waals surface area contributed by atoms with E-state index in [2.05, 4.69) is 4.74 Å². The number of hydrogen-bond donors (Lipinski definition) is 1. The monoisotopic (exact) mass is 245 g/mol. The smallest absolute Gasteiger partial charge is 0.374 e. The summed E-state index contributed by atoms with van der Waals surface area (Å²) in [6, 6.07) is 9.01. The van der Waals surface area contributed by atoms with Crippen molar-refractivity contribution in [2.45, 2.75) is 20.3 Å². The number of nitriles is 1. The molecule has 0 fully saturated rings. The molecule has 94 valence electrons. The van der Waals surface area contributed by atoms with Crippen LogP contribution >= 0.6 is 0 Å². The van der Waals surface area contributed by atoms with E-state index in [4.69, 9.17) is 5.26 Å². The summed E-state index contributed by atoms with van der Waals surface area (Å²) in [7, 11) is 0. The predicted molar refractivity (Wildman–Crippen MR) is 67.6 cm³/mol. The molecule has 0 spiro atoms. The molecule has 0 bridgehead atoms. The van der Waals surface area contributed by atoms with Gasteiger partial charge in [0.05, 0.1) is 6.61 Å². The van der Waals surface area contributed by atoms with Crippen molar-refractivity contribution in [3.63, 3.8) is 0 Å². The van der Waals surface area contributed by atoms with Crippen LogP contribution in [0.25, 0.3) is 5.57 Å². The summed E-state index contributed by atoms with van der Waals surface area (Å²) in [5.41, 5.74) is 1.41. The van der Waals surface area contributed by atoms with Gasteiger partial charge in [-0.05, 0) is 24.5 Å². The molecule has 1 rings (SSSR count). The molecule has 0 saturated heterocycles. The fourth-order valence-electron chi connectivity index (χ4n) is 1.61. The second-order valence-corrected chi connectivity index (χ2v) is 3.57. The minimum absolute atomic E-state index is 0.0501. The van der Waals surface area contributed by atoms with E-state index < -0.39 is 11.7 Å². The molecule has 0 radical (unpaired) electrons. The number of ether oxygens (including phenoxy) is 1. The highest BCUT2D eigenvalue weighted by molar-refractivity contribution is 5.99. The summed E-state index contributed by atoms with van der Waals surface area (Å²) < 4.78 is 4.68. The van der Waals surface area contributed by atoms with Gasteiger partial charge in [-0.2, -0.15) is 5.26 Å². The highest BCUT2D eigenvalue weighted by atomic mass is 16.5. The maximum absolute atomic E-state index is 11.4. The Kier molecular flexibility index (Phi) is 4.94. The minimum Gasteiger partial charge on any atom is -0.501 e. The zero-order valence-electron chi connectivity index (χ0n) is 10.4. The molecule has 1 N–H and O–H groups in total. The summed E-state index contributed by atoms with van der Waals surface area (Å²) >= 11 is 0. The number of nitrogens with zero attached hydrogens (tertiary/aromatic N) is 1. The molecule has 18 heavy (non-hydrogen) atoms. The summed E-state index contributed by atoms with van der Waals surface area (Å²) in [6.45, 7) is 3.73. The number of rotatable bonds is 4. The molecule has 0 aliphatic heterocycles. The van der Waals surface area contributed by atoms with Gasteiger partial charge in [-0.25, -0.2) is 4.79 Å². The molecule has 0 aromatic heterocycles. The van der Waals surface area contributed by atoms with E-state index in [1.165, 1.54) is 0 Å². The Bertz CT molecular complexity index is 512. The molecule has 0 atom stereocenters. The van der Waals surface area contributed by atoms with Gasteiger partial charge in [-0.1, -0.05) is 31.2 Å². The van der Waals surface area contributed by atoms with Crippen LogP contribution in [0.3, 0.4) is 0 Å². The maximum atomic E-state index is 11.4. The van der Waals surface area contributed by atoms with Gasteiger partial charge in [0, 0.05) is 0 Å². The average molecular weight is 245 g/mol. The summed E-state index contributed by atoms with van der Waals surface area (Å²) in [5, 5.41) is 18.9. The Labute approximate surface area is 106 Å². The lowest BCUT2D eigenvalue weighted by Gasteiger charge is -2.08. The SMILES string of the molecule is CCOC(=O)C(O)=C(C#N)c1ccccc1CC. The van der Waals surface area contributed by atoms with Crippen molar-refractivity contribution in [1.82, 2.24) is 0 Å². The van der Waals surface area contributed by atoms with Crippen LogP contribution in [-0.4, -0.2) is 17.7 Å². The third-order valence-corrected chi connectivity index (χ3v) is 2.48. The Morgan fingerprint density at radius 3 is 2.61 bits per heavy atom. The zero-order chi connectivity index (χ0) is 13.5. The molecule has 0 amide bonds. The number of aliphatic hydroxyl groups is 1. The maximum Gasteiger partial charge on any atom is 0.374 e. The molecule has 0 heterocycles. The van der Waals surface area contributed by atoms with Crippen molar-refractivity contribution in [2.24, 2.45) is 0 Å². The first kappa shape index (κ1) is 13.8. The number of esters is 1. The average Bonchev–Trinajstić information content (AvgIpc) is 2.40.